The minimum atomic E-state index is -0.0254. The third-order valence-electron chi connectivity index (χ3n) is 3.24. The first-order valence-corrected chi connectivity index (χ1v) is 7.81. The van der Waals surface area contributed by atoms with Crippen molar-refractivity contribution in [3.8, 4) is 10.6 Å². The molecule has 1 atom stereocenters. The van der Waals surface area contributed by atoms with Crippen LogP contribution in [0.4, 0.5) is 0 Å². The van der Waals surface area contributed by atoms with Gasteiger partial charge in [0.15, 0.2) is 0 Å². The number of likely N-dealkylation sites (N-methyl/N-ethyl adjacent to an activating group) is 1. The second-order valence-corrected chi connectivity index (χ2v) is 6.18. The molecule has 0 aliphatic heterocycles. The topological polar surface area (TPSA) is 54.0 Å². The molecule has 120 valence electrons. The SMILES string of the molecule is CNCC(=O)NC(C)c1sc(-c2ccc(C)cc2)nc1C.Cl. The Morgan fingerprint density at radius 3 is 2.50 bits per heavy atom. The van der Waals surface area contributed by atoms with Crippen LogP contribution in [0.5, 0.6) is 0 Å². The Hall–Kier alpha value is -1.43. The van der Waals surface area contributed by atoms with Crippen molar-refractivity contribution in [3.05, 3.63) is 40.4 Å². The number of halogens is 1. The molecule has 2 rings (SSSR count). The van der Waals surface area contributed by atoms with E-state index in [2.05, 4.69) is 46.8 Å². The number of nitrogens with zero attached hydrogens (tertiary/aromatic N) is 1. The van der Waals surface area contributed by atoms with E-state index >= 15 is 0 Å². The van der Waals surface area contributed by atoms with Gasteiger partial charge in [-0.2, -0.15) is 0 Å². The normalized spacial score (nSPS) is 11.6. The fourth-order valence-corrected chi connectivity index (χ4v) is 3.22. The second-order valence-electron chi connectivity index (χ2n) is 5.15. The lowest BCUT2D eigenvalue weighted by Crippen LogP contribution is -2.33. The van der Waals surface area contributed by atoms with Crippen LogP contribution in [-0.4, -0.2) is 24.5 Å². The molecule has 22 heavy (non-hydrogen) atoms. The van der Waals surface area contributed by atoms with Crippen molar-refractivity contribution >= 4 is 29.7 Å². The van der Waals surface area contributed by atoms with Crippen LogP contribution in [0.25, 0.3) is 10.6 Å². The first kappa shape index (κ1) is 18.6. The van der Waals surface area contributed by atoms with Crippen LogP contribution in [0.2, 0.25) is 0 Å². The maximum absolute atomic E-state index is 11.7. The van der Waals surface area contributed by atoms with Crippen molar-refractivity contribution < 1.29 is 4.79 Å². The molecule has 0 saturated heterocycles. The number of thiazole rings is 1. The van der Waals surface area contributed by atoms with Crippen molar-refractivity contribution in [1.82, 2.24) is 15.6 Å². The van der Waals surface area contributed by atoms with Gasteiger partial charge in [-0.15, -0.1) is 23.7 Å². The molecule has 2 aromatic rings. The first-order valence-electron chi connectivity index (χ1n) is 6.99. The molecule has 1 aromatic carbocycles. The van der Waals surface area contributed by atoms with Gasteiger partial charge in [-0.3, -0.25) is 4.79 Å². The lowest BCUT2D eigenvalue weighted by atomic mass is 10.2. The number of aromatic nitrogens is 1. The molecule has 1 aromatic heterocycles. The summed E-state index contributed by atoms with van der Waals surface area (Å²) in [5.41, 5.74) is 3.33. The van der Waals surface area contributed by atoms with Gasteiger partial charge in [-0.25, -0.2) is 4.98 Å². The number of aryl methyl sites for hydroxylation is 2. The van der Waals surface area contributed by atoms with Gasteiger partial charge in [0.2, 0.25) is 5.91 Å². The van der Waals surface area contributed by atoms with Crippen LogP contribution in [0.3, 0.4) is 0 Å². The molecule has 0 aliphatic carbocycles. The first-order chi connectivity index (χ1) is 10.0. The number of rotatable bonds is 5. The number of hydrogen-bond donors (Lipinski definition) is 2. The molecule has 0 aliphatic rings. The summed E-state index contributed by atoms with van der Waals surface area (Å²) in [5, 5.41) is 6.83. The summed E-state index contributed by atoms with van der Waals surface area (Å²) in [4.78, 5) is 17.4. The molecular weight excluding hydrogens is 318 g/mol. The molecule has 0 saturated carbocycles. The highest BCUT2D eigenvalue weighted by Gasteiger charge is 2.16. The molecule has 0 bridgehead atoms. The van der Waals surface area contributed by atoms with E-state index in [0.29, 0.717) is 6.54 Å². The highest BCUT2D eigenvalue weighted by Crippen LogP contribution is 2.31. The van der Waals surface area contributed by atoms with Gasteiger partial charge in [-0.1, -0.05) is 29.8 Å². The number of hydrogen-bond acceptors (Lipinski definition) is 4. The summed E-state index contributed by atoms with van der Waals surface area (Å²) in [6.45, 7) is 6.38. The largest absolute Gasteiger partial charge is 0.348 e. The molecular formula is C16H22ClN3OS. The van der Waals surface area contributed by atoms with Gasteiger partial charge < -0.3 is 10.6 Å². The summed E-state index contributed by atoms with van der Waals surface area (Å²) in [7, 11) is 1.76. The van der Waals surface area contributed by atoms with E-state index in [1.807, 2.05) is 13.8 Å². The Balaban J connectivity index is 0.00000242. The van der Waals surface area contributed by atoms with Crippen LogP contribution < -0.4 is 10.6 Å². The minimum Gasteiger partial charge on any atom is -0.348 e. The Bertz CT molecular complexity index is 625. The van der Waals surface area contributed by atoms with Crippen molar-refractivity contribution in [1.29, 1.82) is 0 Å². The third kappa shape index (κ3) is 4.53. The molecule has 1 amide bonds. The lowest BCUT2D eigenvalue weighted by Gasteiger charge is -2.12. The number of amides is 1. The van der Waals surface area contributed by atoms with Gasteiger partial charge in [-0.05, 0) is 27.8 Å². The predicted octanol–water partition coefficient (Wildman–Crippen LogP) is 3.25. The number of nitrogens with one attached hydrogen (secondary N) is 2. The zero-order valence-corrected chi connectivity index (χ0v) is 14.9. The average Bonchev–Trinajstić information content (AvgIpc) is 2.82. The molecule has 4 nitrogen and oxygen atoms in total. The summed E-state index contributed by atoms with van der Waals surface area (Å²) in [5.74, 6) is -0.00492. The number of benzene rings is 1. The van der Waals surface area contributed by atoms with Crippen molar-refractivity contribution in [2.24, 2.45) is 0 Å². The maximum atomic E-state index is 11.7. The smallest absolute Gasteiger partial charge is 0.234 e. The zero-order valence-electron chi connectivity index (χ0n) is 13.3. The predicted molar refractivity (Wildman–Crippen MR) is 94.8 cm³/mol. The van der Waals surface area contributed by atoms with Crippen LogP contribution >= 0.6 is 23.7 Å². The van der Waals surface area contributed by atoms with Gasteiger partial charge in [0.1, 0.15) is 5.01 Å². The van der Waals surface area contributed by atoms with Gasteiger partial charge in [0.05, 0.1) is 23.2 Å². The van der Waals surface area contributed by atoms with Crippen LogP contribution in [-0.2, 0) is 4.79 Å². The lowest BCUT2D eigenvalue weighted by molar-refractivity contribution is -0.120. The van der Waals surface area contributed by atoms with Crippen molar-refractivity contribution in [3.63, 3.8) is 0 Å². The molecule has 1 unspecified atom stereocenters. The Morgan fingerprint density at radius 1 is 1.27 bits per heavy atom. The Morgan fingerprint density at radius 2 is 1.91 bits per heavy atom. The monoisotopic (exact) mass is 339 g/mol. The van der Waals surface area contributed by atoms with Crippen LogP contribution in [0.15, 0.2) is 24.3 Å². The van der Waals surface area contributed by atoms with Crippen LogP contribution in [0.1, 0.15) is 29.1 Å². The van der Waals surface area contributed by atoms with Gasteiger partial charge in [0.25, 0.3) is 0 Å². The quantitative estimate of drug-likeness (QED) is 0.879. The van der Waals surface area contributed by atoms with E-state index in [0.717, 1.165) is 21.1 Å². The zero-order chi connectivity index (χ0) is 15.4. The average molecular weight is 340 g/mol. The fraction of sp³-hybridized carbons (Fsp3) is 0.375. The van der Waals surface area contributed by atoms with Crippen molar-refractivity contribution in [2.75, 3.05) is 13.6 Å². The van der Waals surface area contributed by atoms with E-state index < -0.39 is 0 Å². The van der Waals surface area contributed by atoms with Gasteiger partial charge >= 0.3 is 0 Å². The summed E-state index contributed by atoms with van der Waals surface area (Å²) < 4.78 is 0. The highest BCUT2D eigenvalue weighted by molar-refractivity contribution is 7.15. The van der Waals surface area contributed by atoms with E-state index in [9.17, 15) is 4.79 Å². The van der Waals surface area contributed by atoms with E-state index in [1.54, 1.807) is 18.4 Å². The number of carbonyl (C=O) groups is 1. The van der Waals surface area contributed by atoms with Crippen molar-refractivity contribution in [2.45, 2.75) is 26.8 Å². The standard InChI is InChI=1S/C16H21N3OS.ClH/c1-10-5-7-13(8-6-10)16-19-12(3)15(21-16)11(2)18-14(20)9-17-4;/h5-8,11,17H,9H2,1-4H3,(H,18,20);1H. The Kier molecular flexibility index (Phi) is 7.00. The molecule has 0 spiro atoms. The minimum absolute atomic E-state index is 0. The highest BCUT2D eigenvalue weighted by atomic mass is 35.5. The fourth-order valence-electron chi connectivity index (χ4n) is 2.15. The van der Waals surface area contributed by atoms with Gasteiger partial charge in [0, 0.05) is 5.56 Å². The van der Waals surface area contributed by atoms with E-state index in [-0.39, 0.29) is 24.4 Å². The molecule has 0 radical (unpaired) electrons. The third-order valence-corrected chi connectivity index (χ3v) is 4.63. The molecule has 2 N–H and O–H groups in total. The van der Waals surface area contributed by atoms with E-state index in [4.69, 9.17) is 0 Å². The number of carbonyl (C=O) groups excluding carboxylic acids is 1. The summed E-state index contributed by atoms with van der Waals surface area (Å²) in [6, 6.07) is 8.32. The summed E-state index contributed by atoms with van der Waals surface area (Å²) in [6.07, 6.45) is 0. The second kappa shape index (κ2) is 8.27. The summed E-state index contributed by atoms with van der Waals surface area (Å²) >= 11 is 1.64. The maximum Gasteiger partial charge on any atom is 0.234 e. The molecule has 0 fully saturated rings. The van der Waals surface area contributed by atoms with Crippen LogP contribution in [0, 0.1) is 13.8 Å². The van der Waals surface area contributed by atoms with E-state index in [1.165, 1.54) is 5.56 Å². The molecule has 6 heteroatoms. The molecule has 1 heterocycles. The Labute approximate surface area is 141 Å².